The molecule has 5 heteroatoms. The molecule has 118 valence electrons. The number of hydrogen-bond donors (Lipinski definition) is 1. The summed E-state index contributed by atoms with van der Waals surface area (Å²) in [5.41, 5.74) is 0.484. The van der Waals surface area contributed by atoms with Gasteiger partial charge in [-0.3, -0.25) is 4.79 Å². The maximum Gasteiger partial charge on any atom is 0.328 e. The average Bonchev–Trinajstić information content (AvgIpc) is 2.59. The zero-order chi connectivity index (χ0) is 16.7. The van der Waals surface area contributed by atoms with Crippen molar-refractivity contribution in [3.8, 4) is 6.07 Å². The molecule has 0 aliphatic rings. The summed E-state index contributed by atoms with van der Waals surface area (Å²) in [5.74, 6) is -0.833. The van der Waals surface area contributed by atoms with E-state index in [0.717, 1.165) is 10.8 Å². The second kappa shape index (κ2) is 7.95. The minimum Gasteiger partial charge on any atom is -0.467 e. The van der Waals surface area contributed by atoms with Crippen molar-refractivity contribution in [2.45, 2.75) is 25.3 Å². The fourth-order valence-electron chi connectivity index (χ4n) is 2.35. The highest BCUT2D eigenvalue weighted by Gasteiger charge is 2.21. The topological polar surface area (TPSA) is 79.2 Å². The van der Waals surface area contributed by atoms with Crippen LogP contribution >= 0.6 is 0 Å². The Kier molecular flexibility index (Phi) is 5.70. The van der Waals surface area contributed by atoms with Crippen molar-refractivity contribution < 1.29 is 14.3 Å². The monoisotopic (exact) mass is 310 g/mol. The van der Waals surface area contributed by atoms with Gasteiger partial charge >= 0.3 is 5.97 Å². The maximum atomic E-state index is 12.4. The van der Waals surface area contributed by atoms with E-state index in [1.807, 2.05) is 36.4 Å². The van der Waals surface area contributed by atoms with E-state index in [2.05, 4.69) is 5.32 Å². The molecule has 0 fully saturated rings. The van der Waals surface area contributed by atoms with E-state index in [-0.39, 0.29) is 5.91 Å². The molecule has 0 heterocycles. The highest BCUT2D eigenvalue weighted by Crippen LogP contribution is 2.16. The Morgan fingerprint density at radius 3 is 2.65 bits per heavy atom. The van der Waals surface area contributed by atoms with Crippen LogP contribution in [0, 0.1) is 11.3 Å². The van der Waals surface area contributed by atoms with Gasteiger partial charge in [0.15, 0.2) is 0 Å². The Morgan fingerprint density at radius 1 is 1.22 bits per heavy atom. The number of amides is 1. The van der Waals surface area contributed by atoms with Gasteiger partial charge in [-0.2, -0.15) is 5.26 Å². The van der Waals surface area contributed by atoms with Crippen LogP contribution in [-0.2, 0) is 9.53 Å². The lowest BCUT2D eigenvalue weighted by Crippen LogP contribution is -2.41. The molecule has 0 radical (unpaired) electrons. The Labute approximate surface area is 134 Å². The number of carbonyl (C=O) groups is 2. The lowest BCUT2D eigenvalue weighted by Gasteiger charge is -2.16. The van der Waals surface area contributed by atoms with Crippen LogP contribution in [0.15, 0.2) is 42.5 Å². The molecular weight excluding hydrogens is 292 g/mol. The van der Waals surface area contributed by atoms with Crippen LogP contribution in [0.25, 0.3) is 10.8 Å². The van der Waals surface area contributed by atoms with E-state index in [9.17, 15) is 9.59 Å². The van der Waals surface area contributed by atoms with E-state index in [1.165, 1.54) is 7.11 Å². The first-order chi connectivity index (χ1) is 11.2. The minimum atomic E-state index is -0.743. The highest BCUT2D eigenvalue weighted by atomic mass is 16.5. The van der Waals surface area contributed by atoms with Gasteiger partial charge in [0.05, 0.1) is 13.2 Å². The molecule has 0 unspecified atom stereocenters. The SMILES string of the molecule is COC(=O)[C@H](CCCC#N)NC(=O)c1ccc2ccccc2c1. The molecule has 0 spiro atoms. The van der Waals surface area contributed by atoms with Crippen molar-refractivity contribution in [2.75, 3.05) is 7.11 Å². The highest BCUT2D eigenvalue weighted by molar-refractivity contribution is 6.00. The van der Waals surface area contributed by atoms with Gasteiger partial charge in [0, 0.05) is 12.0 Å². The van der Waals surface area contributed by atoms with Gasteiger partial charge in [-0.1, -0.05) is 30.3 Å². The lowest BCUT2D eigenvalue weighted by atomic mass is 10.1. The van der Waals surface area contributed by atoms with Crippen molar-refractivity contribution in [3.05, 3.63) is 48.0 Å². The smallest absolute Gasteiger partial charge is 0.328 e. The van der Waals surface area contributed by atoms with Crippen LogP contribution in [-0.4, -0.2) is 25.0 Å². The standard InChI is InChI=1S/C18H18N2O3/c1-23-18(22)16(8-4-5-11-19)20-17(21)15-10-9-13-6-2-3-7-14(13)12-15/h2-3,6-7,9-10,12,16H,4-5,8H2,1H3,(H,20,21)/t16-/m0/s1. The third-order valence-corrected chi connectivity index (χ3v) is 3.58. The fraction of sp³-hybridized carbons (Fsp3) is 0.278. The first-order valence-corrected chi connectivity index (χ1v) is 7.40. The lowest BCUT2D eigenvalue weighted by molar-refractivity contribution is -0.143. The molecule has 1 amide bonds. The number of rotatable bonds is 6. The van der Waals surface area contributed by atoms with Crippen molar-refractivity contribution in [3.63, 3.8) is 0 Å². The van der Waals surface area contributed by atoms with Gasteiger partial charge in [-0.05, 0) is 35.7 Å². The molecule has 0 saturated heterocycles. The molecule has 0 aliphatic heterocycles. The second-order valence-corrected chi connectivity index (χ2v) is 5.16. The third kappa shape index (κ3) is 4.30. The molecule has 23 heavy (non-hydrogen) atoms. The predicted octanol–water partition coefficient (Wildman–Crippen LogP) is 2.81. The van der Waals surface area contributed by atoms with E-state index >= 15 is 0 Å². The summed E-state index contributed by atoms with van der Waals surface area (Å²) in [6.45, 7) is 0. The number of nitrogens with zero attached hydrogens (tertiary/aromatic N) is 1. The first-order valence-electron chi connectivity index (χ1n) is 7.40. The number of nitrogens with one attached hydrogen (secondary N) is 1. The van der Waals surface area contributed by atoms with Gasteiger partial charge in [-0.25, -0.2) is 4.79 Å². The summed E-state index contributed by atoms with van der Waals surface area (Å²) in [6, 6.07) is 14.4. The van der Waals surface area contributed by atoms with Crippen molar-refractivity contribution in [1.29, 1.82) is 5.26 Å². The number of nitriles is 1. The molecule has 0 saturated carbocycles. The zero-order valence-corrected chi connectivity index (χ0v) is 12.9. The van der Waals surface area contributed by atoms with Crippen LogP contribution in [0.3, 0.4) is 0 Å². The summed E-state index contributed by atoms with van der Waals surface area (Å²) in [4.78, 5) is 24.1. The summed E-state index contributed by atoms with van der Waals surface area (Å²) in [6.07, 6.45) is 1.23. The minimum absolute atomic E-state index is 0.330. The van der Waals surface area contributed by atoms with Crippen LogP contribution in [0.5, 0.6) is 0 Å². The number of esters is 1. The molecular formula is C18H18N2O3. The van der Waals surface area contributed by atoms with E-state index in [0.29, 0.717) is 24.8 Å². The fourth-order valence-corrected chi connectivity index (χ4v) is 2.35. The number of hydrogen-bond acceptors (Lipinski definition) is 4. The van der Waals surface area contributed by atoms with Gasteiger partial charge in [0.2, 0.25) is 0 Å². The molecule has 2 rings (SSSR count). The van der Waals surface area contributed by atoms with E-state index < -0.39 is 12.0 Å². The number of carbonyl (C=O) groups excluding carboxylic acids is 2. The largest absolute Gasteiger partial charge is 0.467 e. The normalized spacial score (nSPS) is 11.5. The molecule has 1 N–H and O–H groups in total. The van der Waals surface area contributed by atoms with Gasteiger partial charge in [0.1, 0.15) is 6.04 Å². The Balaban J connectivity index is 2.12. The first kappa shape index (κ1) is 16.5. The zero-order valence-electron chi connectivity index (χ0n) is 12.9. The maximum absolute atomic E-state index is 12.4. The van der Waals surface area contributed by atoms with E-state index in [1.54, 1.807) is 12.1 Å². The Morgan fingerprint density at radius 2 is 1.96 bits per heavy atom. The van der Waals surface area contributed by atoms with Gasteiger partial charge in [0.25, 0.3) is 5.91 Å². The van der Waals surface area contributed by atoms with Gasteiger partial charge in [-0.15, -0.1) is 0 Å². The summed E-state index contributed by atoms with van der Waals surface area (Å²) in [5, 5.41) is 13.3. The molecule has 0 bridgehead atoms. The number of fused-ring (bicyclic) bond motifs is 1. The quantitative estimate of drug-likeness (QED) is 0.657. The molecule has 2 aromatic rings. The Hall–Kier alpha value is -2.87. The number of ether oxygens (including phenoxy) is 1. The van der Waals surface area contributed by atoms with Crippen LogP contribution in [0.4, 0.5) is 0 Å². The third-order valence-electron chi connectivity index (χ3n) is 3.58. The van der Waals surface area contributed by atoms with Crippen molar-refractivity contribution in [1.82, 2.24) is 5.32 Å². The summed E-state index contributed by atoms with van der Waals surface area (Å²) >= 11 is 0. The predicted molar refractivity (Wildman–Crippen MR) is 86.7 cm³/mol. The number of unbranched alkanes of at least 4 members (excludes halogenated alkanes) is 1. The molecule has 0 aliphatic carbocycles. The van der Waals surface area contributed by atoms with Crippen molar-refractivity contribution >= 4 is 22.6 Å². The number of methoxy groups -OCH3 is 1. The summed E-state index contributed by atoms with van der Waals surface area (Å²) < 4.78 is 4.71. The molecule has 5 nitrogen and oxygen atoms in total. The van der Waals surface area contributed by atoms with E-state index in [4.69, 9.17) is 10.00 Å². The van der Waals surface area contributed by atoms with Gasteiger partial charge < -0.3 is 10.1 Å². The van der Waals surface area contributed by atoms with Crippen LogP contribution in [0.1, 0.15) is 29.6 Å². The average molecular weight is 310 g/mol. The molecule has 1 atom stereocenters. The molecule has 0 aromatic heterocycles. The van der Waals surface area contributed by atoms with Crippen molar-refractivity contribution in [2.24, 2.45) is 0 Å². The Bertz CT molecular complexity index is 749. The van der Waals surface area contributed by atoms with Crippen LogP contribution in [0.2, 0.25) is 0 Å². The number of benzene rings is 2. The van der Waals surface area contributed by atoms with Crippen LogP contribution < -0.4 is 5.32 Å². The second-order valence-electron chi connectivity index (χ2n) is 5.16. The summed E-state index contributed by atoms with van der Waals surface area (Å²) in [7, 11) is 1.28. The molecule has 2 aromatic carbocycles.